The smallest absolute Gasteiger partial charge is 0.00967 e. The summed E-state index contributed by atoms with van der Waals surface area (Å²) in [5.41, 5.74) is 0.759. The molecule has 1 saturated heterocycles. The molecule has 2 rings (SSSR count). The third kappa shape index (κ3) is 5.25. The van der Waals surface area contributed by atoms with E-state index in [2.05, 4.69) is 44.8 Å². The Labute approximate surface area is 133 Å². The molecule has 1 heterocycles. The normalized spacial score (nSPS) is 35.9. The Bertz CT molecular complexity index is 310. The fourth-order valence-corrected chi connectivity index (χ4v) is 4.04. The van der Waals surface area contributed by atoms with Crippen molar-refractivity contribution in [3.8, 4) is 0 Å². The highest BCUT2D eigenvalue weighted by atomic mass is 15.2. The summed E-state index contributed by atoms with van der Waals surface area (Å²) < 4.78 is 0. The molecule has 0 bridgehead atoms. The largest absolute Gasteiger partial charge is 0.311 e. The molecule has 2 fully saturated rings. The van der Waals surface area contributed by atoms with Gasteiger partial charge in [-0.1, -0.05) is 26.2 Å². The minimum Gasteiger partial charge on any atom is -0.311 e. The Balaban J connectivity index is 2.00. The number of rotatable bonds is 4. The number of nitrogens with zero attached hydrogens (tertiary/aromatic N) is 1. The lowest BCUT2D eigenvalue weighted by molar-refractivity contribution is 0.0470. The van der Waals surface area contributed by atoms with E-state index in [1.165, 1.54) is 64.6 Å². The molecule has 1 saturated carbocycles. The summed E-state index contributed by atoms with van der Waals surface area (Å²) in [5, 5.41) is 3.82. The molecular weight excluding hydrogens is 256 g/mol. The fraction of sp³-hybridized carbons (Fsp3) is 1.00. The highest BCUT2D eigenvalue weighted by Gasteiger charge is 2.37. The van der Waals surface area contributed by atoms with Gasteiger partial charge < -0.3 is 10.2 Å². The van der Waals surface area contributed by atoms with Gasteiger partial charge >= 0.3 is 0 Å². The van der Waals surface area contributed by atoms with Crippen molar-refractivity contribution in [2.24, 2.45) is 11.3 Å². The minimum absolute atomic E-state index is 0.240. The SMILES string of the molecule is CC1CCC(CNC(C)(C)C)(CN2CCCCC2C)CC1. The maximum atomic E-state index is 3.82. The molecule has 1 N–H and O–H groups in total. The van der Waals surface area contributed by atoms with Crippen LogP contribution in [0.2, 0.25) is 0 Å². The highest BCUT2D eigenvalue weighted by Crippen LogP contribution is 2.40. The number of hydrogen-bond donors (Lipinski definition) is 1. The van der Waals surface area contributed by atoms with Gasteiger partial charge in [-0.05, 0) is 71.3 Å². The predicted octanol–water partition coefficient (Wildman–Crippen LogP) is 4.45. The molecule has 2 heteroatoms. The lowest BCUT2D eigenvalue weighted by Gasteiger charge is -2.46. The van der Waals surface area contributed by atoms with Gasteiger partial charge in [0.2, 0.25) is 0 Å². The summed E-state index contributed by atoms with van der Waals surface area (Å²) >= 11 is 0. The second-order valence-corrected chi connectivity index (χ2v) is 9.10. The van der Waals surface area contributed by atoms with Crippen molar-refractivity contribution < 1.29 is 0 Å². The summed E-state index contributed by atoms with van der Waals surface area (Å²) in [6.45, 7) is 15.6. The second-order valence-electron chi connectivity index (χ2n) is 9.10. The maximum absolute atomic E-state index is 3.82. The van der Waals surface area contributed by atoms with Crippen LogP contribution in [0.25, 0.3) is 0 Å². The molecule has 1 atom stereocenters. The number of hydrogen-bond acceptors (Lipinski definition) is 2. The molecule has 21 heavy (non-hydrogen) atoms. The van der Waals surface area contributed by atoms with Crippen LogP contribution in [0.4, 0.5) is 0 Å². The average molecular weight is 295 g/mol. The summed E-state index contributed by atoms with van der Waals surface area (Å²) in [4.78, 5) is 2.80. The van der Waals surface area contributed by atoms with Crippen LogP contribution in [0.15, 0.2) is 0 Å². The van der Waals surface area contributed by atoms with Crippen molar-refractivity contribution >= 4 is 0 Å². The Kier molecular flexibility index (Phi) is 5.76. The number of piperidine rings is 1. The average Bonchev–Trinajstić information content (AvgIpc) is 2.42. The van der Waals surface area contributed by atoms with E-state index in [1.807, 2.05) is 0 Å². The van der Waals surface area contributed by atoms with Crippen LogP contribution < -0.4 is 5.32 Å². The first-order chi connectivity index (χ1) is 9.80. The lowest BCUT2D eigenvalue weighted by Crippen LogP contribution is -2.52. The Morgan fingerprint density at radius 3 is 2.29 bits per heavy atom. The van der Waals surface area contributed by atoms with Gasteiger partial charge in [-0.15, -0.1) is 0 Å². The molecule has 1 aliphatic heterocycles. The Hall–Kier alpha value is -0.0800. The molecule has 2 aliphatic rings. The first-order valence-corrected chi connectivity index (χ1v) is 9.29. The van der Waals surface area contributed by atoms with Crippen molar-refractivity contribution in [2.45, 2.75) is 91.1 Å². The van der Waals surface area contributed by atoms with Gasteiger partial charge in [0, 0.05) is 24.7 Å². The fourth-order valence-electron chi connectivity index (χ4n) is 4.04. The molecule has 0 aromatic carbocycles. The number of likely N-dealkylation sites (tertiary alicyclic amines) is 1. The van der Waals surface area contributed by atoms with E-state index in [-0.39, 0.29) is 5.54 Å². The van der Waals surface area contributed by atoms with Crippen LogP contribution in [0.1, 0.15) is 79.6 Å². The Morgan fingerprint density at radius 1 is 1.05 bits per heavy atom. The van der Waals surface area contributed by atoms with Crippen LogP contribution in [-0.2, 0) is 0 Å². The predicted molar refractivity (Wildman–Crippen MR) is 92.7 cm³/mol. The molecule has 0 aromatic heterocycles. The quantitative estimate of drug-likeness (QED) is 0.824. The molecule has 1 unspecified atom stereocenters. The van der Waals surface area contributed by atoms with Crippen LogP contribution in [-0.4, -0.2) is 36.1 Å². The van der Waals surface area contributed by atoms with Crippen LogP contribution >= 0.6 is 0 Å². The summed E-state index contributed by atoms with van der Waals surface area (Å²) in [7, 11) is 0. The van der Waals surface area contributed by atoms with Gasteiger partial charge in [0.15, 0.2) is 0 Å². The van der Waals surface area contributed by atoms with Gasteiger partial charge in [-0.2, -0.15) is 0 Å². The zero-order chi connectivity index (χ0) is 15.5. The van der Waals surface area contributed by atoms with Gasteiger partial charge in [-0.3, -0.25) is 0 Å². The first kappa shape index (κ1) is 17.3. The van der Waals surface area contributed by atoms with E-state index in [0.29, 0.717) is 5.41 Å². The van der Waals surface area contributed by atoms with Gasteiger partial charge in [0.05, 0.1) is 0 Å². The third-order valence-corrected chi connectivity index (χ3v) is 5.81. The number of nitrogens with one attached hydrogen (secondary N) is 1. The zero-order valence-corrected chi connectivity index (χ0v) is 15.2. The molecular formula is C19H38N2. The molecule has 124 valence electrons. The molecule has 0 spiro atoms. The van der Waals surface area contributed by atoms with Crippen molar-refractivity contribution in [3.05, 3.63) is 0 Å². The van der Waals surface area contributed by atoms with Gasteiger partial charge in [-0.25, -0.2) is 0 Å². The van der Waals surface area contributed by atoms with E-state index >= 15 is 0 Å². The third-order valence-electron chi connectivity index (χ3n) is 5.81. The van der Waals surface area contributed by atoms with Crippen LogP contribution in [0, 0.1) is 11.3 Å². The summed E-state index contributed by atoms with van der Waals surface area (Å²) in [6, 6.07) is 0.796. The van der Waals surface area contributed by atoms with E-state index < -0.39 is 0 Å². The maximum Gasteiger partial charge on any atom is 0.00967 e. The second kappa shape index (κ2) is 7.00. The first-order valence-electron chi connectivity index (χ1n) is 9.29. The van der Waals surface area contributed by atoms with Crippen molar-refractivity contribution in [1.82, 2.24) is 10.2 Å². The molecule has 0 amide bonds. The lowest BCUT2D eigenvalue weighted by atomic mass is 9.69. The topological polar surface area (TPSA) is 15.3 Å². The van der Waals surface area contributed by atoms with Crippen molar-refractivity contribution in [3.63, 3.8) is 0 Å². The van der Waals surface area contributed by atoms with Crippen LogP contribution in [0.3, 0.4) is 0 Å². The summed E-state index contributed by atoms with van der Waals surface area (Å²) in [6.07, 6.45) is 9.92. The molecule has 0 aromatic rings. The van der Waals surface area contributed by atoms with E-state index in [4.69, 9.17) is 0 Å². The zero-order valence-electron chi connectivity index (χ0n) is 15.2. The highest BCUT2D eigenvalue weighted by molar-refractivity contribution is 4.92. The van der Waals surface area contributed by atoms with Crippen LogP contribution in [0.5, 0.6) is 0 Å². The van der Waals surface area contributed by atoms with Gasteiger partial charge in [0.25, 0.3) is 0 Å². The standard InChI is InChI=1S/C19H38N2/c1-16-9-11-19(12-10-16,14-20-18(3,4)5)15-21-13-7-6-8-17(21)2/h16-17,20H,6-15H2,1-5H3. The van der Waals surface area contributed by atoms with E-state index in [9.17, 15) is 0 Å². The summed E-state index contributed by atoms with van der Waals surface area (Å²) in [5.74, 6) is 0.937. The van der Waals surface area contributed by atoms with Crippen molar-refractivity contribution in [2.75, 3.05) is 19.6 Å². The minimum atomic E-state index is 0.240. The molecule has 0 radical (unpaired) electrons. The monoisotopic (exact) mass is 294 g/mol. The Morgan fingerprint density at radius 2 is 1.71 bits per heavy atom. The van der Waals surface area contributed by atoms with E-state index in [1.54, 1.807) is 0 Å². The van der Waals surface area contributed by atoms with Gasteiger partial charge in [0.1, 0.15) is 0 Å². The van der Waals surface area contributed by atoms with Crippen molar-refractivity contribution in [1.29, 1.82) is 0 Å². The molecule has 1 aliphatic carbocycles. The molecule has 2 nitrogen and oxygen atoms in total. The van der Waals surface area contributed by atoms with E-state index in [0.717, 1.165) is 12.0 Å².